The summed E-state index contributed by atoms with van der Waals surface area (Å²) in [5, 5.41) is 4.57. The molecule has 0 bridgehead atoms. The Morgan fingerprint density at radius 2 is 2.00 bits per heavy atom. The molecule has 19 heavy (non-hydrogen) atoms. The number of nitrogens with zero attached hydrogens (tertiary/aromatic N) is 3. The van der Waals surface area contributed by atoms with Crippen LogP contribution in [0.15, 0.2) is 47.0 Å². The molecule has 0 radical (unpaired) electrons. The molecule has 0 aliphatic carbocycles. The van der Waals surface area contributed by atoms with E-state index in [9.17, 15) is 0 Å². The van der Waals surface area contributed by atoms with Crippen LogP contribution in [-0.2, 0) is 6.54 Å². The summed E-state index contributed by atoms with van der Waals surface area (Å²) in [6, 6.07) is 7.94. The molecule has 0 spiro atoms. The minimum atomic E-state index is 0.693. The predicted molar refractivity (Wildman–Crippen MR) is 75.0 cm³/mol. The highest BCUT2D eigenvalue weighted by Crippen LogP contribution is 2.23. The zero-order chi connectivity index (χ0) is 13.1. The zero-order valence-corrected chi connectivity index (χ0v) is 11.2. The molecule has 2 N–H and O–H groups in total. The first-order valence-corrected chi connectivity index (χ1v) is 6.75. The molecule has 0 saturated carbocycles. The number of hydrogen-bond donors (Lipinski definition) is 2. The van der Waals surface area contributed by atoms with E-state index in [1.165, 1.54) is 11.8 Å². The second-order valence-corrected chi connectivity index (χ2v) is 5.02. The van der Waals surface area contributed by atoms with Gasteiger partial charge in [-0.1, -0.05) is 12.1 Å². The van der Waals surface area contributed by atoms with E-state index in [0.29, 0.717) is 5.16 Å². The monoisotopic (exact) mass is 271 g/mol. The van der Waals surface area contributed by atoms with Gasteiger partial charge in [-0.25, -0.2) is 15.0 Å². The average Bonchev–Trinajstić information content (AvgIpc) is 2.83. The van der Waals surface area contributed by atoms with Gasteiger partial charge < -0.3 is 10.3 Å². The Hall–Kier alpha value is -1.92. The van der Waals surface area contributed by atoms with Crippen LogP contribution in [0.4, 0.5) is 0 Å². The molecule has 0 amide bonds. The van der Waals surface area contributed by atoms with Crippen LogP contribution in [0.25, 0.3) is 11.0 Å². The van der Waals surface area contributed by atoms with Gasteiger partial charge in [0.15, 0.2) is 10.3 Å². The van der Waals surface area contributed by atoms with Crippen molar-refractivity contribution in [2.45, 2.75) is 16.9 Å². The highest BCUT2D eigenvalue weighted by Gasteiger charge is 2.06. The second kappa shape index (κ2) is 5.38. The Morgan fingerprint density at radius 1 is 1.21 bits per heavy atom. The number of aromatic amines is 1. The van der Waals surface area contributed by atoms with Gasteiger partial charge in [-0.3, -0.25) is 0 Å². The molecule has 96 valence electrons. The van der Waals surface area contributed by atoms with E-state index < -0.39 is 0 Å². The van der Waals surface area contributed by atoms with Crippen LogP contribution >= 0.6 is 11.8 Å². The fraction of sp³-hybridized carbons (Fsp3) is 0.154. The number of imidazole rings is 1. The molecule has 0 aliphatic heterocycles. The molecule has 6 heteroatoms. The summed E-state index contributed by atoms with van der Waals surface area (Å²) in [7, 11) is 1.90. The minimum Gasteiger partial charge on any atom is -0.333 e. The topological polar surface area (TPSA) is 66.5 Å². The quantitative estimate of drug-likeness (QED) is 0.712. The van der Waals surface area contributed by atoms with Crippen molar-refractivity contribution in [1.82, 2.24) is 25.3 Å². The third kappa shape index (κ3) is 2.74. The molecule has 2 heterocycles. The SMILES string of the molecule is CNCc1cnc(Sc2nc3ccccc3[nH]2)nc1. The van der Waals surface area contributed by atoms with Crippen LogP contribution in [-0.4, -0.2) is 27.0 Å². The molecule has 0 atom stereocenters. The van der Waals surface area contributed by atoms with Gasteiger partial charge in [0.1, 0.15) is 0 Å². The third-order valence-corrected chi connectivity index (χ3v) is 3.40. The maximum absolute atomic E-state index is 4.48. The molecule has 1 aromatic carbocycles. The standard InChI is InChI=1S/C13H13N5S/c1-14-6-9-7-15-12(16-8-9)19-13-17-10-4-2-3-5-11(10)18-13/h2-5,7-8,14H,6H2,1H3,(H,17,18). The van der Waals surface area contributed by atoms with Gasteiger partial charge in [-0.05, 0) is 30.9 Å². The number of para-hydroxylation sites is 2. The van der Waals surface area contributed by atoms with Crippen molar-refractivity contribution in [1.29, 1.82) is 0 Å². The van der Waals surface area contributed by atoms with Crippen molar-refractivity contribution in [3.8, 4) is 0 Å². The lowest BCUT2D eigenvalue weighted by atomic mass is 10.3. The molecule has 0 unspecified atom stereocenters. The number of fused-ring (bicyclic) bond motifs is 1. The molecular formula is C13H13N5S. The Balaban J connectivity index is 1.80. The van der Waals surface area contributed by atoms with E-state index in [4.69, 9.17) is 0 Å². The molecule has 0 aliphatic rings. The normalized spacial score (nSPS) is 11.0. The fourth-order valence-electron chi connectivity index (χ4n) is 1.76. The predicted octanol–water partition coefficient (Wildman–Crippen LogP) is 2.22. The molecule has 3 rings (SSSR count). The summed E-state index contributed by atoms with van der Waals surface area (Å²) in [6.45, 7) is 0.773. The van der Waals surface area contributed by atoms with E-state index in [1.807, 2.05) is 43.7 Å². The Bertz CT molecular complexity index is 644. The lowest BCUT2D eigenvalue weighted by molar-refractivity contribution is 0.793. The smallest absolute Gasteiger partial charge is 0.195 e. The fourth-order valence-corrected chi connectivity index (χ4v) is 2.44. The van der Waals surface area contributed by atoms with E-state index in [-0.39, 0.29) is 0 Å². The molecule has 2 aromatic heterocycles. The summed E-state index contributed by atoms with van der Waals surface area (Å²) in [5.74, 6) is 0. The molecular weight excluding hydrogens is 258 g/mol. The van der Waals surface area contributed by atoms with Crippen molar-refractivity contribution in [3.63, 3.8) is 0 Å². The summed E-state index contributed by atoms with van der Waals surface area (Å²) >= 11 is 1.43. The van der Waals surface area contributed by atoms with Crippen LogP contribution in [0.5, 0.6) is 0 Å². The number of H-pyrrole nitrogens is 1. The Kier molecular flexibility index (Phi) is 3.43. The first-order valence-electron chi connectivity index (χ1n) is 5.93. The maximum atomic E-state index is 4.48. The zero-order valence-electron chi connectivity index (χ0n) is 10.4. The van der Waals surface area contributed by atoms with Gasteiger partial charge in [0, 0.05) is 24.5 Å². The minimum absolute atomic E-state index is 0.693. The van der Waals surface area contributed by atoms with E-state index in [0.717, 1.165) is 28.3 Å². The molecule has 0 fully saturated rings. The maximum Gasteiger partial charge on any atom is 0.195 e. The largest absolute Gasteiger partial charge is 0.333 e. The van der Waals surface area contributed by atoms with Crippen molar-refractivity contribution < 1.29 is 0 Å². The van der Waals surface area contributed by atoms with Crippen LogP contribution in [0.1, 0.15) is 5.56 Å². The Labute approximate surface area is 114 Å². The van der Waals surface area contributed by atoms with Crippen molar-refractivity contribution in [3.05, 3.63) is 42.2 Å². The number of nitrogens with one attached hydrogen (secondary N) is 2. The number of rotatable bonds is 4. The van der Waals surface area contributed by atoms with Crippen LogP contribution in [0.2, 0.25) is 0 Å². The van der Waals surface area contributed by atoms with Gasteiger partial charge in [-0.15, -0.1) is 0 Å². The summed E-state index contributed by atoms with van der Waals surface area (Å²) < 4.78 is 0. The second-order valence-electron chi connectivity index (χ2n) is 4.07. The first-order chi connectivity index (χ1) is 9.35. The Morgan fingerprint density at radius 3 is 2.74 bits per heavy atom. The summed E-state index contributed by atoms with van der Waals surface area (Å²) in [5.41, 5.74) is 3.05. The molecule has 3 aromatic rings. The van der Waals surface area contributed by atoms with Gasteiger partial charge >= 0.3 is 0 Å². The summed E-state index contributed by atoms with van der Waals surface area (Å²) in [6.07, 6.45) is 3.66. The van der Waals surface area contributed by atoms with Gasteiger partial charge in [0.05, 0.1) is 11.0 Å². The van der Waals surface area contributed by atoms with Gasteiger partial charge in [0.25, 0.3) is 0 Å². The van der Waals surface area contributed by atoms with Gasteiger partial charge in [0.2, 0.25) is 0 Å². The highest BCUT2D eigenvalue weighted by molar-refractivity contribution is 7.99. The van der Waals surface area contributed by atoms with Crippen molar-refractivity contribution >= 4 is 22.8 Å². The lowest BCUT2D eigenvalue weighted by Crippen LogP contribution is -2.05. The van der Waals surface area contributed by atoms with Gasteiger partial charge in [-0.2, -0.15) is 0 Å². The number of hydrogen-bond acceptors (Lipinski definition) is 5. The van der Waals surface area contributed by atoms with Crippen molar-refractivity contribution in [2.24, 2.45) is 0 Å². The number of aromatic nitrogens is 4. The first kappa shape index (κ1) is 12.1. The lowest BCUT2D eigenvalue weighted by Gasteiger charge is -1.99. The average molecular weight is 271 g/mol. The van der Waals surface area contributed by atoms with Crippen LogP contribution in [0.3, 0.4) is 0 Å². The van der Waals surface area contributed by atoms with E-state index >= 15 is 0 Å². The van der Waals surface area contributed by atoms with Crippen LogP contribution in [0, 0.1) is 0 Å². The summed E-state index contributed by atoms with van der Waals surface area (Å²) in [4.78, 5) is 16.4. The van der Waals surface area contributed by atoms with E-state index in [2.05, 4.69) is 25.3 Å². The van der Waals surface area contributed by atoms with E-state index in [1.54, 1.807) is 0 Å². The van der Waals surface area contributed by atoms with Crippen LogP contribution < -0.4 is 5.32 Å². The highest BCUT2D eigenvalue weighted by atomic mass is 32.2. The molecule has 5 nitrogen and oxygen atoms in total. The number of benzene rings is 1. The molecule has 0 saturated heterocycles. The third-order valence-electron chi connectivity index (χ3n) is 2.62. The van der Waals surface area contributed by atoms with Crippen molar-refractivity contribution in [2.75, 3.05) is 7.05 Å².